The summed E-state index contributed by atoms with van der Waals surface area (Å²) in [6, 6.07) is 6.46. The van der Waals surface area contributed by atoms with Crippen LogP contribution in [0.1, 0.15) is 32.3 Å². The van der Waals surface area contributed by atoms with Gasteiger partial charge in [-0.2, -0.15) is 0 Å². The molecule has 0 atom stereocenters. The van der Waals surface area contributed by atoms with Crippen molar-refractivity contribution >= 4 is 17.3 Å². The number of halogens is 1. The van der Waals surface area contributed by atoms with E-state index in [1.807, 2.05) is 0 Å². The zero-order valence-electron chi connectivity index (χ0n) is 11.4. The third kappa shape index (κ3) is 3.63. The second-order valence-corrected chi connectivity index (χ2v) is 5.45. The number of nitrogens with zero attached hydrogens (tertiary/aromatic N) is 1. The summed E-state index contributed by atoms with van der Waals surface area (Å²) >= 11 is 6.35. The van der Waals surface area contributed by atoms with Gasteiger partial charge in [-0.25, -0.2) is 0 Å². The van der Waals surface area contributed by atoms with Crippen LogP contribution in [-0.2, 0) is 6.54 Å². The quantitative estimate of drug-likeness (QED) is 0.810. The first kappa shape index (κ1) is 13.7. The Kier molecular flexibility index (Phi) is 4.90. The number of rotatable bonds is 7. The number of benzene rings is 1. The summed E-state index contributed by atoms with van der Waals surface area (Å²) in [4.78, 5) is 2.43. The number of nitrogens with one attached hydrogen (secondary N) is 1. The average molecular weight is 267 g/mol. The molecule has 0 heterocycles. The van der Waals surface area contributed by atoms with E-state index in [1.54, 1.807) is 0 Å². The first-order valence-corrected chi connectivity index (χ1v) is 7.36. The van der Waals surface area contributed by atoms with E-state index in [4.69, 9.17) is 11.6 Å². The number of anilines is 1. The van der Waals surface area contributed by atoms with E-state index in [0.717, 1.165) is 30.6 Å². The Labute approximate surface area is 115 Å². The molecule has 100 valence electrons. The highest BCUT2D eigenvalue weighted by molar-refractivity contribution is 6.31. The molecule has 0 aromatic heterocycles. The predicted molar refractivity (Wildman–Crippen MR) is 79.4 cm³/mol. The molecule has 0 saturated heterocycles. The zero-order chi connectivity index (χ0) is 13.0. The summed E-state index contributed by atoms with van der Waals surface area (Å²) in [6.45, 7) is 8.38. The van der Waals surface area contributed by atoms with Crippen LogP contribution in [0.5, 0.6) is 0 Å². The van der Waals surface area contributed by atoms with Crippen molar-refractivity contribution in [2.24, 2.45) is 5.92 Å². The van der Waals surface area contributed by atoms with Crippen LogP contribution in [0.15, 0.2) is 18.2 Å². The Morgan fingerprint density at radius 1 is 1.33 bits per heavy atom. The van der Waals surface area contributed by atoms with Crippen LogP contribution in [0.3, 0.4) is 0 Å². The molecule has 0 aliphatic heterocycles. The molecule has 1 aromatic carbocycles. The largest absolute Gasteiger partial charge is 0.371 e. The molecular weight excluding hydrogens is 244 g/mol. The van der Waals surface area contributed by atoms with Gasteiger partial charge in [0, 0.05) is 30.3 Å². The molecule has 1 aliphatic carbocycles. The summed E-state index contributed by atoms with van der Waals surface area (Å²) in [7, 11) is 0. The molecule has 0 radical (unpaired) electrons. The predicted octanol–water partition coefficient (Wildman–Crippen LogP) is 3.69. The lowest BCUT2D eigenvalue weighted by Crippen LogP contribution is -2.25. The van der Waals surface area contributed by atoms with Crippen molar-refractivity contribution < 1.29 is 0 Å². The summed E-state index contributed by atoms with van der Waals surface area (Å²) in [5, 5.41) is 4.19. The molecule has 18 heavy (non-hydrogen) atoms. The highest BCUT2D eigenvalue weighted by Gasteiger charge is 2.24. The van der Waals surface area contributed by atoms with Crippen molar-refractivity contribution in [3.63, 3.8) is 0 Å². The maximum absolute atomic E-state index is 6.35. The maximum Gasteiger partial charge on any atom is 0.0471 e. The van der Waals surface area contributed by atoms with Crippen molar-refractivity contribution in [1.82, 2.24) is 5.32 Å². The van der Waals surface area contributed by atoms with Gasteiger partial charge in [0.05, 0.1) is 0 Å². The van der Waals surface area contributed by atoms with Gasteiger partial charge in [-0.3, -0.25) is 0 Å². The van der Waals surface area contributed by atoms with Gasteiger partial charge in [0.1, 0.15) is 0 Å². The zero-order valence-corrected chi connectivity index (χ0v) is 12.1. The highest BCUT2D eigenvalue weighted by atomic mass is 35.5. The number of hydrogen-bond acceptors (Lipinski definition) is 2. The van der Waals surface area contributed by atoms with Crippen LogP contribution in [0, 0.1) is 5.92 Å². The van der Waals surface area contributed by atoms with Crippen LogP contribution in [0.2, 0.25) is 5.02 Å². The molecule has 1 aromatic rings. The minimum absolute atomic E-state index is 0.852. The fourth-order valence-electron chi connectivity index (χ4n) is 2.17. The Morgan fingerprint density at radius 3 is 2.67 bits per heavy atom. The molecule has 1 saturated carbocycles. The van der Waals surface area contributed by atoms with Gasteiger partial charge in [0.25, 0.3) is 0 Å². The summed E-state index contributed by atoms with van der Waals surface area (Å²) in [5.74, 6) is 0.908. The molecule has 0 unspecified atom stereocenters. The van der Waals surface area contributed by atoms with E-state index in [0.29, 0.717) is 0 Å². The molecule has 0 spiro atoms. The van der Waals surface area contributed by atoms with Gasteiger partial charge in [0.15, 0.2) is 0 Å². The van der Waals surface area contributed by atoms with Crippen molar-refractivity contribution in [3.8, 4) is 0 Å². The molecule has 0 bridgehead atoms. The highest BCUT2D eigenvalue weighted by Crippen LogP contribution is 2.32. The molecular formula is C15H23ClN2. The lowest BCUT2D eigenvalue weighted by molar-refractivity contribution is 0.724. The van der Waals surface area contributed by atoms with Gasteiger partial charge in [-0.05, 0) is 49.9 Å². The molecule has 1 aliphatic rings. The van der Waals surface area contributed by atoms with Crippen molar-refractivity contribution in [3.05, 3.63) is 28.8 Å². The molecule has 0 amide bonds. The van der Waals surface area contributed by atoms with E-state index in [-0.39, 0.29) is 0 Å². The van der Waals surface area contributed by atoms with E-state index >= 15 is 0 Å². The SMILES string of the molecule is CCNCc1ccc(N(CC)CC2CC2)cc1Cl. The van der Waals surface area contributed by atoms with Crippen molar-refractivity contribution in [2.75, 3.05) is 24.5 Å². The average Bonchev–Trinajstić information content (AvgIpc) is 3.18. The van der Waals surface area contributed by atoms with Gasteiger partial charge < -0.3 is 10.2 Å². The third-order valence-corrected chi connectivity index (χ3v) is 3.88. The maximum atomic E-state index is 6.35. The van der Waals surface area contributed by atoms with E-state index in [1.165, 1.54) is 30.6 Å². The van der Waals surface area contributed by atoms with Crippen LogP contribution in [0.4, 0.5) is 5.69 Å². The topological polar surface area (TPSA) is 15.3 Å². The fourth-order valence-corrected chi connectivity index (χ4v) is 2.41. The first-order chi connectivity index (χ1) is 8.74. The van der Waals surface area contributed by atoms with Crippen LogP contribution >= 0.6 is 11.6 Å². The monoisotopic (exact) mass is 266 g/mol. The second-order valence-electron chi connectivity index (χ2n) is 5.04. The second kappa shape index (κ2) is 6.44. The standard InChI is InChI=1S/C15H23ClN2/c1-3-17-10-13-7-8-14(9-15(13)16)18(4-2)11-12-5-6-12/h7-9,12,17H,3-6,10-11H2,1-2H3. The van der Waals surface area contributed by atoms with E-state index < -0.39 is 0 Å². The summed E-state index contributed by atoms with van der Waals surface area (Å²) in [6.07, 6.45) is 2.78. The third-order valence-electron chi connectivity index (χ3n) is 3.52. The molecule has 2 rings (SSSR count). The van der Waals surface area contributed by atoms with E-state index in [9.17, 15) is 0 Å². The summed E-state index contributed by atoms with van der Waals surface area (Å²) in [5.41, 5.74) is 2.44. The minimum Gasteiger partial charge on any atom is -0.371 e. The summed E-state index contributed by atoms with van der Waals surface area (Å²) < 4.78 is 0. The van der Waals surface area contributed by atoms with E-state index in [2.05, 4.69) is 42.3 Å². The van der Waals surface area contributed by atoms with Crippen LogP contribution in [0.25, 0.3) is 0 Å². The van der Waals surface area contributed by atoms with Gasteiger partial charge >= 0.3 is 0 Å². The lowest BCUT2D eigenvalue weighted by Gasteiger charge is -2.23. The fraction of sp³-hybridized carbons (Fsp3) is 0.600. The molecule has 1 N–H and O–H groups in total. The normalized spacial score (nSPS) is 14.8. The Balaban J connectivity index is 2.05. The molecule has 3 heteroatoms. The van der Waals surface area contributed by atoms with Gasteiger partial charge in [0.2, 0.25) is 0 Å². The Bertz CT molecular complexity index is 388. The van der Waals surface area contributed by atoms with Crippen LogP contribution < -0.4 is 10.2 Å². The van der Waals surface area contributed by atoms with Crippen molar-refractivity contribution in [1.29, 1.82) is 0 Å². The van der Waals surface area contributed by atoms with Crippen LogP contribution in [-0.4, -0.2) is 19.6 Å². The number of hydrogen-bond donors (Lipinski definition) is 1. The molecule has 2 nitrogen and oxygen atoms in total. The van der Waals surface area contributed by atoms with Crippen molar-refractivity contribution in [2.45, 2.75) is 33.2 Å². The first-order valence-electron chi connectivity index (χ1n) is 6.98. The Morgan fingerprint density at radius 2 is 2.11 bits per heavy atom. The van der Waals surface area contributed by atoms with Gasteiger partial charge in [-0.1, -0.05) is 24.6 Å². The smallest absolute Gasteiger partial charge is 0.0471 e. The molecule has 1 fully saturated rings. The lowest BCUT2D eigenvalue weighted by atomic mass is 10.2. The minimum atomic E-state index is 0.852. The van der Waals surface area contributed by atoms with Gasteiger partial charge in [-0.15, -0.1) is 0 Å². The Hall–Kier alpha value is -0.730.